The normalized spacial score (nSPS) is 14.1. The number of benzene rings is 2. The van der Waals surface area contributed by atoms with Crippen molar-refractivity contribution in [3.63, 3.8) is 0 Å². The maximum atomic E-state index is 15.3. The summed E-state index contributed by atoms with van der Waals surface area (Å²) in [5.74, 6) is -3.39. The highest BCUT2D eigenvalue weighted by Gasteiger charge is 2.30. The van der Waals surface area contributed by atoms with E-state index >= 15 is 4.39 Å². The quantitative estimate of drug-likeness (QED) is 0.0846. The maximum absolute atomic E-state index is 15.3. The van der Waals surface area contributed by atoms with Gasteiger partial charge in [0.1, 0.15) is 17.5 Å². The van der Waals surface area contributed by atoms with E-state index in [9.17, 15) is 22.4 Å². The fraction of sp³-hybridized carbons (Fsp3) is 0.250. The molecule has 0 amide bonds. The number of amidine groups is 1. The van der Waals surface area contributed by atoms with Crippen LogP contribution in [0.4, 0.5) is 33.5 Å². The van der Waals surface area contributed by atoms with Gasteiger partial charge in [0.25, 0.3) is 0 Å². The third-order valence-electron chi connectivity index (χ3n) is 5.89. The Labute approximate surface area is 207 Å². The lowest BCUT2D eigenvalue weighted by Crippen LogP contribution is -2.33. The van der Waals surface area contributed by atoms with Crippen molar-refractivity contribution in [2.24, 2.45) is 0 Å². The van der Waals surface area contributed by atoms with Gasteiger partial charge in [-0.05, 0) is 61.2 Å². The fourth-order valence-corrected chi connectivity index (χ4v) is 4.69. The third-order valence-corrected chi connectivity index (χ3v) is 6.72. The lowest BCUT2D eigenvalue weighted by molar-refractivity contribution is -0.137. The number of hydrogen-bond acceptors (Lipinski definition) is 5. The molecular weight excluding hydrogens is 501 g/mol. The fourth-order valence-electron chi connectivity index (χ4n) is 4.03. The molecule has 0 saturated heterocycles. The van der Waals surface area contributed by atoms with Crippen molar-refractivity contribution in [3.8, 4) is 0 Å². The largest absolute Gasteiger partial charge is 0.416 e. The number of nitrogens with one attached hydrogen (secondary N) is 4. The van der Waals surface area contributed by atoms with E-state index in [0.717, 1.165) is 61.9 Å². The zero-order chi connectivity index (χ0) is 26.0. The monoisotopic (exact) mass is 523 g/mol. The molecule has 2 aromatic carbocycles. The summed E-state index contributed by atoms with van der Waals surface area (Å²) in [6.07, 6.45) is 0.472. The summed E-state index contributed by atoms with van der Waals surface area (Å²) in [5.41, 5.74) is 3.88. The molecule has 1 aliphatic rings. The minimum absolute atomic E-state index is 0.0156. The minimum atomic E-state index is -4.49. The Morgan fingerprint density at radius 1 is 1.06 bits per heavy atom. The van der Waals surface area contributed by atoms with E-state index in [1.807, 2.05) is 0 Å². The summed E-state index contributed by atoms with van der Waals surface area (Å²) in [4.78, 5) is 16.2. The average Bonchev–Trinajstić information content (AvgIpc) is 3.47. The van der Waals surface area contributed by atoms with Crippen LogP contribution in [0.5, 0.6) is 0 Å². The van der Waals surface area contributed by atoms with Crippen molar-refractivity contribution in [3.05, 3.63) is 76.5 Å². The number of halogens is 5. The molecule has 1 heterocycles. The van der Waals surface area contributed by atoms with Gasteiger partial charge in [0, 0.05) is 17.1 Å². The SMILES string of the molecule is N=C(NC1CCCC1)c1c(C(=O)c2c(F)ccc(NSc3ccc(C(F)(F)F)cc3)c2F)c[nH]c1N. The van der Waals surface area contributed by atoms with Gasteiger partial charge in [0.2, 0.25) is 5.78 Å². The highest BCUT2D eigenvalue weighted by molar-refractivity contribution is 8.00. The number of aromatic nitrogens is 1. The van der Waals surface area contributed by atoms with E-state index in [2.05, 4.69) is 15.0 Å². The van der Waals surface area contributed by atoms with Crippen LogP contribution in [-0.2, 0) is 6.18 Å². The van der Waals surface area contributed by atoms with Gasteiger partial charge in [-0.15, -0.1) is 0 Å². The first-order chi connectivity index (χ1) is 17.1. The number of anilines is 2. The molecule has 36 heavy (non-hydrogen) atoms. The van der Waals surface area contributed by atoms with Gasteiger partial charge in [-0.25, -0.2) is 8.78 Å². The molecule has 6 nitrogen and oxygen atoms in total. The van der Waals surface area contributed by atoms with E-state index in [4.69, 9.17) is 11.1 Å². The molecule has 0 bridgehead atoms. The van der Waals surface area contributed by atoms with Gasteiger partial charge in [-0.1, -0.05) is 12.8 Å². The van der Waals surface area contributed by atoms with Gasteiger partial charge in [0.15, 0.2) is 5.82 Å². The van der Waals surface area contributed by atoms with Crippen LogP contribution in [-0.4, -0.2) is 22.6 Å². The van der Waals surface area contributed by atoms with Crippen LogP contribution in [0.25, 0.3) is 0 Å². The van der Waals surface area contributed by atoms with Crippen LogP contribution in [0.1, 0.15) is 52.7 Å². The lowest BCUT2D eigenvalue weighted by atomic mass is 9.99. The average molecular weight is 524 g/mol. The Kier molecular flexibility index (Phi) is 7.25. The zero-order valence-corrected chi connectivity index (χ0v) is 19.5. The number of nitrogen functional groups attached to an aromatic ring is 1. The second-order valence-corrected chi connectivity index (χ2v) is 9.21. The summed E-state index contributed by atoms with van der Waals surface area (Å²) in [7, 11) is 0. The van der Waals surface area contributed by atoms with E-state index in [0.29, 0.717) is 4.90 Å². The summed E-state index contributed by atoms with van der Waals surface area (Å²) >= 11 is 0.798. The Morgan fingerprint density at radius 2 is 1.72 bits per heavy atom. The molecule has 1 saturated carbocycles. The number of carbonyl (C=O) groups is 1. The van der Waals surface area contributed by atoms with Crippen molar-refractivity contribution >= 4 is 35.1 Å². The lowest BCUT2D eigenvalue weighted by Gasteiger charge is -2.16. The molecule has 0 aliphatic heterocycles. The number of H-pyrrole nitrogens is 1. The van der Waals surface area contributed by atoms with Crippen LogP contribution in [0, 0.1) is 17.0 Å². The number of ketones is 1. The molecule has 0 spiro atoms. The number of carbonyl (C=O) groups excluding carboxylic acids is 1. The molecule has 12 heteroatoms. The van der Waals surface area contributed by atoms with E-state index in [-0.39, 0.29) is 34.5 Å². The summed E-state index contributed by atoms with van der Waals surface area (Å²) in [6.45, 7) is 0. The second kappa shape index (κ2) is 10.2. The first-order valence-electron chi connectivity index (χ1n) is 11.0. The molecule has 3 aromatic rings. The van der Waals surface area contributed by atoms with Gasteiger partial charge in [-0.2, -0.15) is 13.2 Å². The highest BCUT2D eigenvalue weighted by Crippen LogP contribution is 2.33. The molecule has 0 atom stereocenters. The van der Waals surface area contributed by atoms with E-state index in [1.165, 1.54) is 18.3 Å². The van der Waals surface area contributed by atoms with Crippen molar-refractivity contribution in [2.45, 2.75) is 42.8 Å². The minimum Gasteiger partial charge on any atom is -0.385 e. The molecule has 1 aromatic heterocycles. The topological polar surface area (TPSA) is 107 Å². The molecule has 0 radical (unpaired) electrons. The zero-order valence-electron chi connectivity index (χ0n) is 18.7. The number of nitrogens with two attached hydrogens (primary N) is 1. The molecule has 0 unspecified atom stereocenters. The van der Waals surface area contributed by atoms with Gasteiger partial charge in [0.05, 0.1) is 27.9 Å². The summed E-state index contributed by atoms with van der Waals surface area (Å²) < 4.78 is 70.7. The van der Waals surface area contributed by atoms with Gasteiger partial charge in [-0.3, -0.25) is 10.2 Å². The molecule has 1 aliphatic carbocycles. The van der Waals surface area contributed by atoms with Crippen LogP contribution in [0.15, 0.2) is 47.5 Å². The predicted octanol–water partition coefficient (Wildman–Crippen LogP) is 6.10. The van der Waals surface area contributed by atoms with E-state index < -0.39 is 34.7 Å². The third kappa shape index (κ3) is 5.32. The second-order valence-electron chi connectivity index (χ2n) is 8.33. The highest BCUT2D eigenvalue weighted by atomic mass is 32.2. The predicted molar refractivity (Wildman–Crippen MR) is 128 cm³/mol. The van der Waals surface area contributed by atoms with Crippen LogP contribution < -0.4 is 15.8 Å². The summed E-state index contributed by atoms with van der Waals surface area (Å²) in [5, 5.41) is 11.4. The van der Waals surface area contributed by atoms with Crippen molar-refractivity contribution in [2.75, 3.05) is 10.5 Å². The first-order valence-corrected chi connectivity index (χ1v) is 11.8. The molecule has 6 N–H and O–H groups in total. The molecule has 190 valence electrons. The van der Waals surface area contributed by atoms with Crippen molar-refractivity contribution < 1.29 is 26.7 Å². The Morgan fingerprint density at radius 3 is 2.36 bits per heavy atom. The summed E-state index contributed by atoms with van der Waals surface area (Å²) in [6, 6.07) is 6.20. The Balaban J connectivity index is 1.56. The van der Waals surface area contributed by atoms with Gasteiger partial charge < -0.3 is 20.8 Å². The van der Waals surface area contributed by atoms with Crippen LogP contribution in [0.2, 0.25) is 0 Å². The first kappa shape index (κ1) is 25.5. The number of aromatic amines is 1. The Bertz CT molecular complexity index is 1280. The molecule has 1 fully saturated rings. The van der Waals surface area contributed by atoms with Crippen LogP contribution >= 0.6 is 11.9 Å². The van der Waals surface area contributed by atoms with Crippen molar-refractivity contribution in [1.29, 1.82) is 5.41 Å². The number of alkyl halides is 3. The van der Waals surface area contributed by atoms with Gasteiger partial charge >= 0.3 is 6.18 Å². The smallest absolute Gasteiger partial charge is 0.385 e. The molecular formula is C24H22F5N5OS. The molecule has 4 rings (SSSR count). The van der Waals surface area contributed by atoms with E-state index in [1.54, 1.807) is 0 Å². The number of rotatable bonds is 7. The Hall–Kier alpha value is -3.54. The number of hydrogen-bond donors (Lipinski definition) is 5. The van der Waals surface area contributed by atoms with Crippen molar-refractivity contribution in [1.82, 2.24) is 10.3 Å². The van der Waals surface area contributed by atoms with Crippen LogP contribution in [0.3, 0.4) is 0 Å². The standard InChI is InChI=1S/C24H22F5N5OS/c25-16-9-10-17(34-36-14-7-5-12(6-8-14)24(27,28)29)20(26)19(16)21(35)15-11-32-22(30)18(15)23(31)33-13-3-1-2-4-13/h5-11,13,32,34H,1-4,30H2,(H2,31,33). The maximum Gasteiger partial charge on any atom is 0.416 e.